The fourth-order valence-corrected chi connectivity index (χ4v) is 2.57. The van der Waals surface area contributed by atoms with Crippen LogP contribution in [-0.4, -0.2) is 6.04 Å². The lowest BCUT2D eigenvalue weighted by atomic mass is 9.99. The van der Waals surface area contributed by atoms with Crippen LogP contribution in [0.4, 0.5) is 4.39 Å². The number of hydrogen-bond donors (Lipinski definition) is 1. The molecule has 0 aliphatic heterocycles. The zero-order valence-corrected chi connectivity index (χ0v) is 12.2. The van der Waals surface area contributed by atoms with Crippen molar-refractivity contribution in [2.75, 3.05) is 0 Å². The quantitative estimate of drug-likeness (QED) is 0.860. The molecular weight excluding hydrogens is 273 g/mol. The summed E-state index contributed by atoms with van der Waals surface area (Å²) in [4.78, 5) is 0. The Balaban J connectivity index is 1.87. The summed E-state index contributed by atoms with van der Waals surface area (Å²) >= 11 is 6.34. The van der Waals surface area contributed by atoms with Gasteiger partial charge in [0, 0.05) is 17.6 Å². The highest BCUT2D eigenvalue weighted by Gasteiger charge is 2.20. The number of nitrogens with one attached hydrogen (secondary N) is 1. The van der Waals surface area contributed by atoms with Gasteiger partial charge >= 0.3 is 0 Å². The average Bonchev–Trinajstić information content (AvgIpc) is 3.25. The Kier molecular flexibility index (Phi) is 3.77. The fourth-order valence-electron chi connectivity index (χ4n) is 2.32. The predicted molar refractivity (Wildman–Crippen MR) is 81.4 cm³/mol. The van der Waals surface area contributed by atoms with Crippen LogP contribution in [0.15, 0.2) is 36.4 Å². The molecule has 2 aromatic rings. The molecule has 2 aromatic carbocycles. The molecule has 20 heavy (non-hydrogen) atoms. The minimum Gasteiger partial charge on any atom is -0.310 e. The van der Waals surface area contributed by atoms with Gasteiger partial charge < -0.3 is 5.32 Å². The van der Waals surface area contributed by atoms with Gasteiger partial charge in [-0.1, -0.05) is 35.9 Å². The second-order valence-corrected chi connectivity index (χ2v) is 5.78. The number of benzene rings is 2. The highest BCUT2D eigenvalue weighted by atomic mass is 35.5. The smallest absolute Gasteiger partial charge is 0.126 e. The second kappa shape index (κ2) is 5.55. The van der Waals surface area contributed by atoms with Crippen LogP contribution < -0.4 is 5.32 Å². The molecule has 3 rings (SSSR count). The molecule has 0 radical (unpaired) electrons. The monoisotopic (exact) mass is 289 g/mol. The molecule has 0 unspecified atom stereocenters. The molecule has 0 amide bonds. The van der Waals surface area contributed by atoms with Crippen LogP contribution in [-0.2, 0) is 6.54 Å². The lowest BCUT2D eigenvalue weighted by molar-refractivity contribution is 0.619. The minimum atomic E-state index is -0.182. The molecular formula is C17H17ClFN. The Morgan fingerprint density at radius 2 is 2.05 bits per heavy atom. The molecule has 1 aliphatic rings. The largest absolute Gasteiger partial charge is 0.310 e. The van der Waals surface area contributed by atoms with Gasteiger partial charge in [0.05, 0.1) is 0 Å². The van der Waals surface area contributed by atoms with E-state index >= 15 is 0 Å². The summed E-state index contributed by atoms with van der Waals surface area (Å²) in [5.41, 5.74) is 3.61. The molecule has 104 valence electrons. The second-order valence-electron chi connectivity index (χ2n) is 5.37. The van der Waals surface area contributed by atoms with Gasteiger partial charge in [-0.15, -0.1) is 0 Å². The van der Waals surface area contributed by atoms with E-state index in [1.165, 1.54) is 18.9 Å². The van der Waals surface area contributed by atoms with Crippen LogP contribution in [0.25, 0.3) is 11.1 Å². The Morgan fingerprint density at radius 3 is 2.75 bits per heavy atom. The third kappa shape index (κ3) is 2.87. The normalized spacial score (nSPS) is 14.6. The molecule has 1 N–H and O–H groups in total. The maximum absolute atomic E-state index is 13.6. The van der Waals surface area contributed by atoms with Crippen LogP contribution in [0.3, 0.4) is 0 Å². The van der Waals surface area contributed by atoms with Crippen molar-refractivity contribution in [3.05, 3.63) is 58.4 Å². The summed E-state index contributed by atoms with van der Waals surface area (Å²) in [7, 11) is 0. The van der Waals surface area contributed by atoms with Crippen molar-refractivity contribution >= 4 is 11.6 Å². The SMILES string of the molecule is Cc1c(F)cccc1-c1ccc(CNC2CC2)c(Cl)c1. The van der Waals surface area contributed by atoms with Gasteiger partial charge in [-0.3, -0.25) is 0 Å². The molecule has 0 saturated heterocycles. The van der Waals surface area contributed by atoms with Gasteiger partial charge in [0.1, 0.15) is 5.82 Å². The van der Waals surface area contributed by atoms with E-state index in [0.717, 1.165) is 28.3 Å². The van der Waals surface area contributed by atoms with E-state index in [0.29, 0.717) is 11.6 Å². The molecule has 0 aromatic heterocycles. The fraction of sp³-hybridized carbons (Fsp3) is 0.294. The van der Waals surface area contributed by atoms with Gasteiger partial charge in [-0.05, 0) is 54.2 Å². The van der Waals surface area contributed by atoms with Crippen molar-refractivity contribution < 1.29 is 4.39 Å². The van der Waals surface area contributed by atoms with Crippen LogP contribution in [0.1, 0.15) is 24.0 Å². The van der Waals surface area contributed by atoms with Crippen molar-refractivity contribution in [1.82, 2.24) is 5.32 Å². The number of hydrogen-bond acceptors (Lipinski definition) is 1. The summed E-state index contributed by atoms with van der Waals surface area (Å²) < 4.78 is 13.6. The van der Waals surface area contributed by atoms with Crippen molar-refractivity contribution in [2.45, 2.75) is 32.4 Å². The average molecular weight is 290 g/mol. The molecule has 0 bridgehead atoms. The Morgan fingerprint density at radius 1 is 1.25 bits per heavy atom. The summed E-state index contributed by atoms with van der Waals surface area (Å²) in [6.45, 7) is 2.59. The van der Waals surface area contributed by atoms with Crippen molar-refractivity contribution in [2.24, 2.45) is 0 Å². The van der Waals surface area contributed by atoms with Crippen LogP contribution in [0.2, 0.25) is 5.02 Å². The summed E-state index contributed by atoms with van der Waals surface area (Å²) in [6, 6.07) is 11.8. The van der Waals surface area contributed by atoms with E-state index in [2.05, 4.69) is 5.32 Å². The van der Waals surface area contributed by atoms with Gasteiger partial charge in [-0.25, -0.2) is 4.39 Å². The minimum absolute atomic E-state index is 0.182. The standard InChI is InChI=1S/C17H17ClFN/c1-11-15(3-2-4-17(11)19)12-5-6-13(16(18)9-12)10-20-14-7-8-14/h2-6,9,14,20H,7-8,10H2,1H3. The zero-order chi connectivity index (χ0) is 14.1. The van der Waals surface area contributed by atoms with E-state index in [9.17, 15) is 4.39 Å². The van der Waals surface area contributed by atoms with Crippen LogP contribution >= 0.6 is 11.6 Å². The van der Waals surface area contributed by atoms with Gasteiger partial charge in [0.2, 0.25) is 0 Å². The first-order chi connectivity index (χ1) is 9.65. The highest BCUT2D eigenvalue weighted by molar-refractivity contribution is 6.31. The molecule has 0 heterocycles. The maximum atomic E-state index is 13.6. The first-order valence-electron chi connectivity index (χ1n) is 6.92. The third-order valence-corrected chi connectivity index (χ3v) is 4.14. The summed E-state index contributed by atoms with van der Waals surface area (Å²) in [5, 5.41) is 4.18. The van der Waals surface area contributed by atoms with E-state index in [4.69, 9.17) is 11.6 Å². The van der Waals surface area contributed by atoms with Crippen molar-refractivity contribution in [1.29, 1.82) is 0 Å². The van der Waals surface area contributed by atoms with E-state index < -0.39 is 0 Å². The number of rotatable bonds is 4. The Bertz CT molecular complexity index is 635. The topological polar surface area (TPSA) is 12.0 Å². The van der Waals surface area contributed by atoms with Crippen LogP contribution in [0, 0.1) is 12.7 Å². The lowest BCUT2D eigenvalue weighted by Crippen LogP contribution is -2.15. The maximum Gasteiger partial charge on any atom is 0.126 e. The van der Waals surface area contributed by atoms with Gasteiger partial charge in [-0.2, -0.15) is 0 Å². The van der Waals surface area contributed by atoms with E-state index in [-0.39, 0.29) is 5.82 Å². The third-order valence-electron chi connectivity index (χ3n) is 3.79. The van der Waals surface area contributed by atoms with Gasteiger partial charge in [0.15, 0.2) is 0 Å². The molecule has 0 spiro atoms. The molecule has 1 nitrogen and oxygen atoms in total. The molecule has 1 fully saturated rings. The van der Waals surface area contributed by atoms with Crippen molar-refractivity contribution in [3.63, 3.8) is 0 Å². The summed E-state index contributed by atoms with van der Waals surface area (Å²) in [5.74, 6) is -0.182. The Labute approximate surface area is 123 Å². The van der Waals surface area contributed by atoms with Gasteiger partial charge in [0.25, 0.3) is 0 Å². The first-order valence-corrected chi connectivity index (χ1v) is 7.30. The van der Waals surface area contributed by atoms with E-state index in [1.807, 2.05) is 24.3 Å². The first kappa shape index (κ1) is 13.6. The van der Waals surface area contributed by atoms with E-state index in [1.54, 1.807) is 13.0 Å². The Hall–Kier alpha value is -1.38. The molecule has 1 saturated carbocycles. The molecule has 1 aliphatic carbocycles. The lowest BCUT2D eigenvalue weighted by Gasteiger charge is -2.10. The van der Waals surface area contributed by atoms with Crippen molar-refractivity contribution in [3.8, 4) is 11.1 Å². The van der Waals surface area contributed by atoms with Crippen LogP contribution in [0.5, 0.6) is 0 Å². The number of halogens is 2. The highest BCUT2D eigenvalue weighted by Crippen LogP contribution is 2.29. The molecule has 0 atom stereocenters. The zero-order valence-electron chi connectivity index (χ0n) is 11.4. The summed E-state index contributed by atoms with van der Waals surface area (Å²) in [6.07, 6.45) is 2.52. The predicted octanol–water partition coefficient (Wildman–Crippen LogP) is 4.71. The molecule has 3 heteroatoms.